The molecule has 0 bridgehead atoms. The number of hydrogen-bond acceptors (Lipinski definition) is 3. The molecule has 1 aromatic heterocycles. The molecule has 0 fully saturated rings. The maximum Gasteiger partial charge on any atom is 0.356 e. The first-order valence-corrected chi connectivity index (χ1v) is 5.20. The Balaban J connectivity index is 2.41. The van der Waals surface area contributed by atoms with Crippen LogP contribution in [0.25, 0.3) is 10.9 Å². The zero-order valence-corrected chi connectivity index (χ0v) is 9.42. The number of methoxy groups -OCH3 is 1. The third-order valence-electron chi connectivity index (χ3n) is 2.39. The molecule has 2 rings (SSSR count). The van der Waals surface area contributed by atoms with Crippen molar-refractivity contribution in [2.75, 3.05) is 20.3 Å². The van der Waals surface area contributed by atoms with Crippen molar-refractivity contribution < 1.29 is 19.5 Å². The number of ether oxygens (including phenoxy) is 1. The molecule has 0 aliphatic rings. The quantitative estimate of drug-likeness (QED) is 0.796. The van der Waals surface area contributed by atoms with Crippen LogP contribution in [-0.4, -0.2) is 36.1 Å². The summed E-state index contributed by atoms with van der Waals surface area (Å²) in [5.41, 5.74) is 0.850. The summed E-state index contributed by atoms with van der Waals surface area (Å²) < 4.78 is 6.20. The summed E-state index contributed by atoms with van der Waals surface area (Å²) in [6.07, 6.45) is 0. The lowest BCUT2D eigenvalue weighted by molar-refractivity contribution is 0.0479. The molecule has 0 aliphatic heterocycles. The van der Waals surface area contributed by atoms with E-state index in [1.54, 1.807) is 13.2 Å². The molecule has 0 amide bonds. The second kappa shape index (κ2) is 4.88. The molecule has 0 unspecified atom stereocenters. The summed E-state index contributed by atoms with van der Waals surface area (Å²) in [5.74, 6) is -1.02. The molecule has 0 radical (unpaired) electrons. The summed E-state index contributed by atoms with van der Waals surface area (Å²) in [6, 6.07) is 8.94. The standard InChI is InChI=1S/C12H13NO4/c1-16-6-7-17-13-10-5-3-2-4-9(10)8-11(13)12(14)15/h2-5,8H,6-7H2,1H3,(H,14,15). The van der Waals surface area contributed by atoms with Crippen LogP contribution >= 0.6 is 0 Å². The van der Waals surface area contributed by atoms with E-state index >= 15 is 0 Å². The molecule has 2 aromatic rings. The van der Waals surface area contributed by atoms with E-state index in [9.17, 15) is 4.79 Å². The van der Waals surface area contributed by atoms with Gasteiger partial charge in [0.1, 0.15) is 6.61 Å². The molecule has 90 valence electrons. The Morgan fingerprint density at radius 3 is 2.82 bits per heavy atom. The summed E-state index contributed by atoms with van der Waals surface area (Å²) >= 11 is 0. The number of benzene rings is 1. The van der Waals surface area contributed by atoms with E-state index < -0.39 is 5.97 Å². The summed E-state index contributed by atoms with van der Waals surface area (Å²) in [5, 5.41) is 9.93. The first-order chi connectivity index (χ1) is 8.24. The van der Waals surface area contributed by atoms with Crippen LogP contribution in [0.1, 0.15) is 10.5 Å². The number of rotatable bonds is 5. The first-order valence-electron chi connectivity index (χ1n) is 5.20. The Morgan fingerprint density at radius 1 is 1.35 bits per heavy atom. The molecule has 5 nitrogen and oxygen atoms in total. The zero-order chi connectivity index (χ0) is 12.3. The fourth-order valence-electron chi connectivity index (χ4n) is 1.63. The minimum atomic E-state index is -1.02. The molecule has 1 aromatic carbocycles. The number of carboxylic acids is 1. The van der Waals surface area contributed by atoms with E-state index in [4.69, 9.17) is 14.7 Å². The van der Waals surface area contributed by atoms with Gasteiger partial charge < -0.3 is 14.7 Å². The Bertz CT molecular complexity index is 532. The van der Waals surface area contributed by atoms with Gasteiger partial charge in [-0.2, -0.15) is 4.73 Å². The third-order valence-corrected chi connectivity index (χ3v) is 2.39. The van der Waals surface area contributed by atoms with Crippen LogP contribution in [0.4, 0.5) is 0 Å². The molecule has 17 heavy (non-hydrogen) atoms. The molecule has 1 heterocycles. The lowest BCUT2D eigenvalue weighted by atomic mass is 10.2. The fraction of sp³-hybridized carbons (Fsp3) is 0.250. The van der Waals surface area contributed by atoms with E-state index in [1.165, 1.54) is 4.73 Å². The van der Waals surface area contributed by atoms with Gasteiger partial charge in [0.25, 0.3) is 0 Å². The average molecular weight is 235 g/mol. The van der Waals surface area contributed by atoms with Crippen molar-refractivity contribution in [2.45, 2.75) is 0 Å². The van der Waals surface area contributed by atoms with Crippen LogP contribution < -0.4 is 4.84 Å². The molecule has 0 atom stereocenters. The van der Waals surface area contributed by atoms with Crippen molar-refractivity contribution in [3.05, 3.63) is 36.0 Å². The number of hydrogen-bond donors (Lipinski definition) is 1. The van der Waals surface area contributed by atoms with Gasteiger partial charge in [0.05, 0.1) is 12.1 Å². The molecule has 0 spiro atoms. The number of carboxylic acid groups (broad SMARTS) is 1. The highest BCUT2D eigenvalue weighted by Gasteiger charge is 2.15. The summed E-state index contributed by atoms with van der Waals surface area (Å²) in [4.78, 5) is 16.5. The molecule has 0 saturated carbocycles. The number of nitrogens with zero attached hydrogens (tertiary/aromatic N) is 1. The summed E-state index contributed by atoms with van der Waals surface area (Å²) in [6.45, 7) is 0.709. The van der Waals surface area contributed by atoms with Crippen molar-refractivity contribution in [1.29, 1.82) is 0 Å². The maximum atomic E-state index is 11.1. The highest BCUT2D eigenvalue weighted by molar-refractivity contribution is 5.94. The second-order valence-electron chi connectivity index (χ2n) is 3.51. The van der Waals surface area contributed by atoms with Gasteiger partial charge in [-0.15, -0.1) is 0 Å². The van der Waals surface area contributed by atoms with Crippen molar-refractivity contribution in [3.8, 4) is 0 Å². The van der Waals surface area contributed by atoms with E-state index in [-0.39, 0.29) is 5.69 Å². The van der Waals surface area contributed by atoms with E-state index in [0.29, 0.717) is 13.2 Å². The molecular weight excluding hydrogens is 222 g/mol. The number of aromatic carboxylic acids is 1. The van der Waals surface area contributed by atoms with E-state index in [0.717, 1.165) is 10.9 Å². The van der Waals surface area contributed by atoms with Gasteiger partial charge in [0, 0.05) is 12.5 Å². The van der Waals surface area contributed by atoms with Gasteiger partial charge in [0.15, 0.2) is 5.69 Å². The predicted molar refractivity (Wildman–Crippen MR) is 62.2 cm³/mol. The lowest BCUT2D eigenvalue weighted by Gasteiger charge is -2.09. The average Bonchev–Trinajstić information content (AvgIpc) is 2.69. The Hall–Kier alpha value is -2.01. The molecule has 5 heteroatoms. The zero-order valence-electron chi connectivity index (χ0n) is 9.42. The smallest absolute Gasteiger partial charge is 0.356 e. The van der Waals surface area contributed by atoms with Gasteiger partial charge in [0.2, 0.25) is 0 Å². The van der Waals surface area contributed by atoms with Crippen LogP contribution in [0.5, 0.6) is 0 Å². The first kappa shape index (κ1) is 11.5. The van der Waals surface area contributed by atoms with Crippen LogP contribution in [0.2, 0.25) is 0 Å². The molecule has 0 saturated heterocycles. The Morgan fingerprint density at radius 2 is 2.12 bits per heavy atom. The summed E-state index contributed by atoms with van der Waals surface area (Å²) in [7, 11) is 1.56. The van der Waals surface area contributed by atoms with Crippen LogP contribution in [-0.2, 0) is 4.74 Å². The number of carbonyl (C=O) groups is 1. The van der Waals surface area contributed by atoms with E-state index in [1.807, 2.05) is 24.3 Å². The predicted octanol–water partition coefficient (Wildman–Crippen LogP) is 1.41. The van der Waals surface area contributed by atoms with Gasteiger partial charge in [-0.1, -0.05) is 18.2 Å². The monoisotopic (exact) mass is 235 g/mol. The molecule has 1 N–H and O–H groups in total. The third kappa shape index (κ3) is 2.24. The lowest BCUT2D eigenvalue weighted by Crippen LogP contribution is -2.20. The minimum absolute atomic E-state index is 0.113. The van der Waals surface area contributed by atoms with Crippen molar-refractivity contribution in [3.63, 3.8) is 0 Å². The van der Waals surface area contributed by atoms with Gasteiger partial charge in [-0.3, -0.25) is 0 Å². The minimum Gasteiger partial charge on any atom is -0.476 e. The number of para-hydroxylation sites is 1. The van der Waals surface area contributed by atoms with Crippen LogP contribution in [0, 0.1) is 0 Å². The Kier molecular flexibility index (Phi) is 3.30. The van der Waals surface area contributed by atoms with E-state index in [2.05, 4.69) is 0 Å². The number of fused-ring (bicyclic) bond motifs is 1. The van der Waals surface area contributed by atoms with Crippen LogP contribution in [0.3, 0.4) is 0 Å². The van der Waals surface area contributed by atoms with Crippen molar-refractivity contribution in [1.82, 2.24) is 4.73 Å². The SMILES string of the molecule is COCCOn1c(C(=O)O)cc2ccccc21. The largest absolute Gasteiger partial charge is 0.476 e. The van der Waals surface area contributed by atoms with Gasteiger partial charge in [-0.25, -0.2) is 4.79 Å². The second-order valence-corrected chi connectivity index (χ2v) is 3.51. The van der Waals surface area contributed by atoms with Crippen molar-refractivity contribution in [2.24, 2.45) is 0 Å². The highest BCUT2D eigenvalue weighted by Crippen LogP contribution is 2.18. The van der Waals surface area contributed by atoms with Crippen molar-refractivity contribution >= 4 is 16.9 Å². The van der Waals surface area contributed by atoms with Gasteiger partial charge in [-0.05, 0) is 12.1 Å². The topological polar surface area (TPSA) is 60.7 Å². The van der Waals surface area contributed by atoms with Gasteiger partial charge >= 0.3 is 5.97 Å². The highest BCUT2D eigenvalue weighted by atomic mass is 16.7. The number of aromatic nitrogens is 1. The van der Waals surface area contributed by atoms with Crippen LogP contribution in [0.15, 0.2) is 30.3 Å². The fourth-order valence-corrected chi connectivity index (χ4v) is 1.63. The Labute approximate surface area is 98.1 Å². The normalized spacial score (nSPS) is 10.6. The molecular formula is C12H13NO4. The maximum absolute atomic E-state index is 11.1. The molecule has 0 aliphatic carbocycles.